The van der Waals surface area contributed by atoms with Crippen LogP contribution in [0.4, 0.5) is 4.79 Å². The molecule has 0 radical (unpaired) electrons. The van der Waals surface area contributed by atoms with Crippen molar-refractivity contribution in [3.8, 4) is 5.75 Å². The Labute approximate surface area is 110 Å². The molecule has 0 unspecified atom stereocenters. The molecule has 0 aliphatic carbocycles. The third-order valence-electron chi connectivity index (χ3n) is 1.98. The number of carbonyl (C=O) groups is 2. The van der Waals surface area contributed by atoms with E-state index < -0.39 is 5.97 Å². The zero-order valence-electron chi connectivity index (χ0n) is 10.5. The fourth-order valence-electron chi connectivity index (χ4n) is 0.997. The summed E-state index contributed by atoms with van der Waals surface area (Å²) < 4.78 is 9.64. The van der Waals surface area contributed by atoms with E-state index in [-0.39, 0.29) is 11.8 Å². The number of methoxy groups -OCH3 is 1. The monoisotopic (exact) mass is 269 g/mol. The molecule has 0 spiro atoms. The van der Waals surface area contributed by atoms with Gasteiger partial charge in [-0.05, 0) is 36.0 Å². The first-order chi connectivity index (χ1) is 8.52. The second-order valence-corrected chi connectivity index (χ2v) is 4.62. The standard InChI is InChI=1S/C12H15NO4S/c1-13(2)12(15)18-10-6-4-9(5-7-10)17-8-11(14)16-3/h4-7H,8H2,1-3H3. The summed E-state index contributed by atoms with van der Waals surface area (Å²) in [7, 11) is 4.70. The Morgan fingerprint density at radius 2 is 1.83 bits per heavy atom. The van der Waals surface area contributed by atoms with Crippen molar-refractivity contribution in [3.63, 3.8) is 0 Å². The number of benzene rings is 1. The van der Waals surface area contributed by atoms with Gasteiger partial charge in [0.25, 0.3) is 5.24 Å². The minimum absolute atomic E-state index is 0.0433. The summed E-state index contributed by atoms with van der Waals surface area (Å²) in [6.45, 7) is -0.125. The van der Waals surface area contributed by atoms with Crippen LogP contribution in [-0.4, -0.2) is 43.9 Å². The number of carbonyl (C=O) groups excluding carboxylic acids is 2. The zero-order valence-corrected chi connectivity index (χ0v) is 11.3. The van der Waals surface area contributed by atoms with E-state index in [9.17, 15) is 9.59 Å². The van der Waals surface area contributed by atoms with Gasteiger partial charge < -0.3 is 14.4 Å². The van der Waals surface area contributed by atoms with Crippen molar-refractivity contribution in [1.29, 1.82) is 0 Å². The van der Waals surface area contributed by atoms with E-state index in [1.54, 1.807) is 38.4 Å². The molecular formula is C12H15NO4S. The maximum absolute atomic E-state index is 11.4. The number of thioether (sulfide) groups is 1. The van der Waals surface area contributed by atoms with Crippen LogP contribution in [0.5, 0.6) is 5.75 Å². The molecule has 0 fully saturated rings. The number of hydrogen-bond donors (Lipinski definition) is 0. The maximum Gasteiger partial charge on any atom is 0.343 e. The fourth-order valence-corrected chi connectivity index (χ4v) is 1.65. The van der Waals surface area contributed by atoms with Crippen molar-refractivity contribution >= 4 is 23.0 Å². The van der Waals surface area contributed by atoms with Gasteiger partial charge >= 0.3 is 5.97 Å². The minimum Gasteiger partial charge on any atom is -0.482 e. The lowest BCUT2D eigenvalue weighted by Crippen LogP contribution is -2.16. The smallest absolute Gasteiger partial charge is 0.343 e. The van der Waals surface area contributed by atoms with Crippen LogP contribution in [0.1, 0.15) is 0 Å². The highest BCUT2D eigenvalue weighted by Gasteiger charge is 2.07. The van der Waals surface area contributed by atoms with Gasteiger partial charge in [0.2, 0.25) is 0 Å². The van der Waals surface area contributed by atoms with Crippen molar-refractivity contribution in [2.24, 2.45) is 0 Å². The minimum atomic E-state index is -0.434. The first-order valence-electron chi connectivity index (χ1n) is 5.21. The molecule has 98 valence electrons. The van der Waals surface area contributed by atoms with Crippen LogP contribution in [0.3, 0.4) is 0 Å². The Morgan fingerprint density at radius 3 is 2.33 bits per heavy atom. The van der Waals surface area contributed by atoms with E-state index in [1.807, 2.05) is 0 Å². The van der Waals surface area contributed by atoms with Gasteiger partial charge in [-0.25, -0.2) is 4.79 Å². The number of amides is 1. The van der Waals surface area contributed by atoms with E-state index in [0.717, 1.165) is 16.7 Å². The van der Waals surface area contributed by atoms with Crippen molar-refractivity contribution in [1.82, 2.24) is 4.90 Å². The molecule has 0 saturated carbocycles. The Balaban J connectivity index is 2.52. The lowest BCUT2D eigenvalue weighted by molar-refractivity contribution is -0.142. The van der Waals surface area contributed by atoms with Gasteiger partial charge in [0, 0.05) is 19.0 Å². The zero-order chi connectivity index (χ0) is 13.5. The van der Waals surface area contributed by atoms with E-state index in [4.69, 9.17) is 4.74 Å². The van der Waals surface area contributed by atoms with Gasteiger partial charge in [0.05, 0.1) is 7.11 Å². The Kier molecular flexibility index (Phi) is 5.51. The van der Waals surface area contributed by atoms with Crippen molar-refractivity contribution in [2.75, 3.05) is 27.8 Å². The van der Waals surface area contributed by atoms with Crippen molar-refractivity contribution < 1.29 is 19.1 Å². The van der Waals surface area contributed by atoms with E-state index in [1.165, 1.54) is 12.0 Å². The van der Waals surface area contributed by atoms with E-state index >= 15 is 0 Å². The van der Waals surface area contributed by atoms with E-state index in [2.05, 4.69) is 4.74 Å². The highest BCUT2D eigenvalue weighted by Crippen LogP contribution is 2.23. The lowest BCUT2D eigenvalue weighted by Gasteiger charge is -2.09. The Bertz CT molecular complexity index is 417. The van der Waals surface area contributed by atoms with Crippen LogP contribution in [0.15, 0.2) is 29.2 Å². The van der Waals surface area contributed by atoms with Gasteiger partial charge in [-0.1, -0.05) is 0 Å². The molecule has 1 aromatic rings. The fraction of sp³-hybridized carbons (Fsp3) is 0.333. The average molecular weight is 269 g/mol. The topological polar surface area (TPSA) is 55.8 Å². The maximum atomic E-state index is 11.4. The van der Waals surface area contributed by atoms with Crippen molar-refractivity contribution in [2.45, 2.75) is 4.90 Å². The third-order valence-corrected chi connectivity index (χ3v) is 3.03. The molecule has 0 aliphatic rings. The lowest BCUT2D eigenvalue weighted by atomic mass is 10.3. The second kappa shape index (κ2) is 6.90. The largest absolute Gasteiger partial charge is 0.482 e. The molecule has 1 amide bonds. The number of hydrogen-bond acceptors (Lipinski definition) is 5. The predicted octanol–water partition coefficient (Wildman–Crippen LogP) is 2.01. The molecule has 0 heterocycles. The van der Waals surface area contributed by atoms with Gasteiger partial charge in [-0.2, -0.15) is 0 Å². The van der Waals surface area contributed by atoms with Gasteiger partial charge in [-0.15, -0.1) is 0 Å². The first-order valence-corrected chi connectivity index (χ1v) is 6.03. The molecule has 0 bridgehead atoms. The van der Waals surface area contributed by atoms with Gasteiger partial charge in [-0.3, -0.25) is 4.79 Å². The van der Waals surface area contributed by atoms with Gasteiger partial charge in [0.1, 0.15) is 5.75 Å². The summed E-state index contributed by atoms with van der Waals surface area (Å²) in [5, 5.41) is -0.0433. The SMILES string of the molecule is COC(=O)COc1ccc(SC(=O)N(C)C)cc1. The van der Waals surface area contributed by atoms with Crippen molar-refractivity contribution in [3.05, 3.63) is 24.3 Å². The molecular weight excluding hydrogens is 254 g/mol. The predicted molar refractivity (Wildman–Crippen MR) is 68.9 cm³/mol. The summed E-state index contributed by atoms with van der Waals surface area (Å²) in [6.07, 6.45) is 0. The molecule has 6 heteroatoms. The molecule has 18 heavy (non-hydrogen) atoms. The summed E-state index contributed by atoms with van der Waals surface area (Å²) in [5.74, 6) is 0.123. The molecule has 5 nitrogen and oxygen atoms in total. The van der Waals surface area contributed by atoms with Crippen LogP contribution in [-0.2, 0) is 9.53 Å². The average Bonchev–Trinajstić information content (AvgIpc) is 2.37. The van der Waals surface area contributed by atoms with Crippen LogP contribution in [0.25, 0.3) is 0 Å². The van der Waals surface area contributed by atoms with Crippen LogP contribution in [0.2, 0.25) is 0 Å². The first kappa shape index (κ1) is 14.4. The van der Waals surface area contributed by atoms with E-state index in [0.29, 0.717) is 5.75 Å². The Hall–Kier alpha value is -1.69. The van der Waals surface area contributed by atoms with Gasteiger partial charge in [0.15, 0.2) is 6.61 Å². The van der Waals surface area contributed by atoms with Crippen LogP contribution in [0, 0.1) is 0 Å². The highest BCUT2D eigenvalue weighted by atomic mass is 32.2. The molecule has 1 aromatic carbocycles. The summed E-state index contributed by atoms with van der Waals surface area (Å²) in [5.41, 5.74) is 0. The summed E-state index contributed by atoms with van der Waals surface area (Å²) >= 11 is 1.13. The summed E-state index contributed by atoms with van der Waals surface area (Å²) in [4.78, 5) is 24.6. The summed E-state index contributed by atoms with van der Waals surface area (Å²) in [6, 6.07) is 6.93. The van der Waals surface area contributed by atoms with Crippen LogP contribution < -0.4 is 4.74 Å². The van der Waals surface area contributed by atoms with Crippen LogP contribution >= 0.6 is 11.8 Å². The molecule has 0 aliphatic heterocycles. The quantitative estimate of drug-likeness (QED) is 0.618. The molecule has 0 saturated heterocycles. The number of rotatable bonds is 4. The normalized spacial score (nSPS) is 9.72. The molecule has 0 atom stereocenters. The number of ether oxygens (including phenoxy) is 2. The third kappa shape index (κ3) is 4.67. The molecule has 0 aromatic heterocycles. The molecule has 1 rings (SSSR count). The second-order valence-electron chi connectivity index (χ2n) is 3.60. The Morgan fingerprint density at radius 1 is 1.22 bits per heavy atom. The molecule has 0 N–H and O–H groups in total. The number of nitrogens with zero attached hydrogens (tertiary/aromatic N) is 1. The highest BCUT2D eigenvalue weighted by molar-refractivity contribution is 8.13. The number of esters is 1.